The van der Waals surface area contributed by atoms with Gasteiger partial charge in [0.2, 0.25) is 15.6 Å². The summed E-state index contributed by atoms with van der Waals surface area (Å²) in [5, 5.41) is 0. The Morgan fingerprint density at radius 1 is 1.27 bits per heavy atom. The Labute approximate surface area is 64.7 Å². The normalized spacial score (nSPS) is 12.8. The molecule has 8 heteroatoms. The van der Waals surface area contributed by atoms with Gasteiger partial charge in [0.25, 0.3) is 0 Å². The van der Waals surface area contributed by atoms with Crippen molar-refractivity contribution in [2.45, 2.75) is 5.55 Å². The third-order valence-corrected chi connectivity index (χ3v) is 2.64. The molecular formula is C3H5F5OSi2. The first kappa shape index (κ1) is 10.8. The zero-order valence-electron chi connectivity index (χ0n) is 5.51. The highest BCUT2D eigenvalue weighted by Crippen LogP contribution is 2.27. The van der Waals surface area contributed by atoms with E-state index in [1.807, 2.05) is 0 Å². The van der Waals surface area contributed by atoms with Gasteiger partial charge in [0, 0.05) is 0 Å². The maximum absolute atomic E-state index is 12.1. The van der Waals surface area contributed by atoms with Gasteiger partial charge >= 0.3 is 11.6 Å². The molecule has 0 aliphatic rings. The zero-order chi connectivity index (χ0) is 9.07. The molecule has 0 rings (SSSR count). The van der Waals surface area contributed by atoms with Crippen LogP contribution in [0.15, 0.2) is 11.9 Å². The lowest BCUT2D eigenvalue weighted by molar-refractivity contribution is 0.0841. The molecule has 1 nitrogen and oxygen atoms in total. The average molecular weight is 208 g/mol. The molecule has 0 aromatic heterocycles. The molecule has 0 radical (unpaired) electrons. The van der Waals surface area contributed by atoms with Crippen LogP contribution < -0.4 is 0 Å². The quantitative estimate of drug-likeness (QED) is 0.470. The maximum Gasteiger partial charge on any atom is 0.307 e. The average Bonchev–Trinajstić information content (AvgIpc) is 1.86. The van der Waals surface area contributed by atoms with E-state index in [1.165, 1.54) is 0 Å². The summed E-state index contributed by atoms with van der Waals surface area (Å²) >= 11 is 0. The lowest BCUT2D eigenvalue weighted by Gasteiger charge is -2.10. The minimum atomic E-state index is -4.05. The van der Waals surface area contributed by atoms with Crippen molar-refractivity contribution in [3.05, 3.63) is 11.9 Å². The van der Waals surface area contributed by atoms with Crippen molar-refractivity contribution in [1.82, 2.24) is 0 Å². The number of rotatable bonds is 3. The summed E-state index contributed by atoms with van der Waals surface area (Å²) in [5.74, 6) is -2.65. The monoisotopic (exact) mass is 208 g/mol. The molecule has 0 saturated heterocycles. The fourth-order valence-electron chi connectivity index (χ4n) is 0.383. The minimum absolute atomic E-state index is 0.00909. The molecule has 66 valence electrons. The summed E-state index contributed by atoms with van der Waals surface area (Å²) in [5.41, 5.74) is -4.05. The van der Waals surface area contributed by atoms with Crippen molar-refractivity contribution in [1.29, 1.82) is 0 Å². The molecule has 0 spiro atoms. The van der Waals surface area contributed by atoms with Gasteiger partial charge in [0.1, 0.15) is 10.5 Å². The third-order valence-electron chi connectivity index (χ3n) is 0.813. The summed E-state index contributed by atoms with van der Waals surface area (Å²) in [4.78, 5) is 0. The summed E-state index contributed by atoms with van der Waals surface area (Å²) in [6.45, 7) is 0. The van der Waals surface area contributed by atoms with Crippen molar-refractivity contribution in [3.8, 4) is 0 Å². The molecule has 0 fully saturated rings. The van der Waals surface area contributed by atoms with E-state index in [0.29, 0.717) is 0 Å². The van der Waals surface area contributed by atoms with Crippen molar-refractivity contribution < 1.29 is 26.1 Å². The van der Waals surface area contributed by atoms with Crippen LogP contribution in [0.1, 0.15) is 0 Å². The van der Waals surface area contributed by atoms with Gasteiger partial charge in [-0.1, -0.05) is 0 Å². The van der Waals surface area contributed by atoms with Crippen LogP contribution in [0.2, 0.25) is 0 Å². The summed E-state index contributed by atoms with van der Waals surface area (Å²) in [6, 6.07) is 0. The van der Waals surface area contributed by atoms with E-state index >= 15 is 0 Å². The second kappa shape index (κ2) is 3.97. The molecule has 0 aromatic rings. The molecule has 0 atom stereocenters. The Bertz CT molecular complexity index is 165. The Kier molecular flexibility index (Phi) is 3.90. The molecule has 0 aliphatic heterocycles. The van der Waals surface area contributed by atoms with Gasteiger partial charge < -0.3 is 4.12 Å². The highest BCUT2D eigenvalue weighted by molar-refractivity contribution is 6.38. The first-order valence-electron chi connectivity index (χ1n) is 2.50. The van der Waals surface area contributed by atoms with Crippen LogP contribution in [-0.2, 0) is 4.12 Å². The van der Waals surface area contributed by atoms with Gasteiger partial charge in [0.05, 0.1) is 0 Å². The second-order valence-electron chi connectivity index (χ2n) is 1.71. The first-order chi connectivity index (χ1) is 4.91. The Hall–Kier alpha value is -0.216. The van der Waals surface area contributed by atoms with Gasteiger partial charge in [-0.05, 0) is 0 Å². The van der Waals surface area contributed by atoms with E-state index in [1.54, 1.807) is 0 Å². The molecule has 0 saturated carbocycles. The van der Waals surface area contributed by atoms with E-state index in [2.05, 4.69) is 4.12 Å². The molecule has 11 heavy (non-hydrogen) atoms. The first-order valence-corrected chi connectivity index (χ1v) is 4.60. The number of alkyl halides is 2. The van der Waals surface area contributed by atoms with E-state index in [-0.39, 0.29) is 10.5 Å². The number of halogens is 5. The Morgan fingerprint density at radius 3 is 2.00 bits per heavy atom. The summed E-state index contributed by atoms with van der Waals surface area (Å²) < 4.78 is 62.7. The Balaban J connectivity index is 4.42. The van der Waals surface area contributed by atoms with Crippen LogP contribution >= 0.6 is 0 Å². The summed E-state index contributed by atoms with van der Waals surface area (Å²) in [7, 11) is -2.52. The van der Waals surface area contributed by atoms with Crippen molar-refractivity contribution in [2.75, 3.05) is 0 Å². The molecule has 0 aromatic carbocycles. The molecule has 0 heterocycles. The van der Waals surface area contributed by atoms with Gasteiger partial charge in [-0.3, -0.25) is 0 Å². The molecule has 0 bridgehead atoms. The Morgan fingerprint density at radius 2 is 1.73 bits per heavy atom. The van der Waals surface area contributed by atoms with Crippen LogP contribution in [-0.4, -0.2) is 25.8 Å². The number of allylic oxidation sites excluding steroid dienone is 1. The van der Waals surface area contributed by atoms with E-state index < -0.39 is 27.2 Å². The fourth-order valence-corrected chi connectivity index (χ4v) is 2.09. The van der Waals surface area contributed by atoms with Gasteiger partial charge in [-0.25, -0.2) is 8.78 Å². The maximum atomic E-state index is 12.1. The predicted molar refractivity (Wildman–Crippen MR) is 34.9 cm³/mol. The predicted octanol–water partition coefficient (Wildman–Crippen LogP) is 0.0376. The molecule has 0 amide bonds. The lowest BCUT2D eigenvalue weighted by Crippen LogP contribution is -2.28. The van der Waals surface area contributed by atoms with Crippen LogP contribution in [0.4, 0.5) is 22.0 Å². The highest BCUT2D eigenvalue weighted by Gasteiger charge is 2.39. The largest absolute Gasteiger partial charge is 0.464 e. The van der Waals surface area contributed by atoms with Crippen LogP contribution in [0.25, 0.3) is 0 Å². The van der Waals surface area contributed by atoms with Gasteiger partial charge in [-0.2, -0.15) is 13.2 Å². The van der Waals surface area contributed by atoms with Crippen molar-refractivity contribution in [3.63, 3.8) is 0 Å². The smallest absolute Gasteiger partial charge is 0.307 e. The number of hydrogen-bond acceptors (Lipinski definition) is 1. The fraction of sp³-hybridized carbons (Fsp3) is 0.333. The molecular weight excluding hydrogens is 203 g/mol. The van der Waals surface area contributed by atoms with Crippen LogP contribution in [0, 0.1) is 0 Å². The van der Waals surface area contributed by atoms with Crippen molar-refractivity contribution >= 4 is 20.2 Å². The molecule has 0 unspecified atom stereocenters. The minimum Gasteiger partial charge on any atom is -0.464 e. The molecule has 0 aliphatic carbocycles. The number of hydrogen-bond donors (Lipinski definition) is 0. The van der Waals surface area contributed by atoms with E-state index in [4.69, 9.17) is 0 Å². The van der Waals surface area contributed by atoms with Crippen LogP contribution in [0.3, 0.4) is 0 Å². The SMILES string of the molecule is FC(F)=C(F)C(F)(F)[SiH2]O[SiH3]. The lowest BCUT2D eigenvalue weighted by atomic mass is 10.6. The second-order valence-corrected chi connectivity index (χ2v) is 5.20. The topological polar surface area (TPSA) is 9.23 Å². The van der Waals surface area contributed by atoms with E-state index in [9.17, 15) is 22.0 Å². The van der Waals surface area contributed by atoms with Crippen molar-refractivity contribution in [2.24, 2.45) is 0 Å². The van der Waals surface area contributed by atoms with Gasteiger partial charge in [-0.15, -0.1) is 0 Å². The van der Waals surface area contributed by atoms with Crippen LogP contribution in [0.5, 0.6) is 0 Å². The third kappa shape index (κ3) is 3.12. The molecule has 0 N–H and O–H groups in total. The standard InChI is InChI=1S/C3H5F5OSi2/c4-1(2(5)6)3(7,8)11-9-10/h11H2,10H3. The zero-order valence-corrected chi connectivity index (χ0v) is 8.92. The highest BCUT2D eigenvalue weighted by atomic mass is 28.3. The van der Waals surface area contributed by atoms with Gasteiger partial charge in [0.15, 0.2) is 0 Å². The van der Waals surface area contributed by atoms with E-state index in [0.717, 1.165) is 0 Å². The summed E-state index contributed by atoms with van der Waals surface area (Å²) in [6.07, 6.45) is -2.97.